The maximum Gasteiger partial charge on any atom is 0.159 e. The molecule has 0 saturated heterocycles. The van der Waals surface area contributed by atoms with Gasteiger partial charge in [0, 0.05) is 31.6 Å². The van der Waals surface area contributed by atoms with E-state index in [0.717, 1.165) is 12.1 Å². The molecule has 4 heteroatoms. The van der Waals surface area contributed by atoms with E-state index >= 15 is 0 Å². The van der Waals surface area contributed by atoms with E-state index in [0.29, 0.717) is 5.82 Å². The van der Waals surface area contributed by atoms with Crippen molar-refractivity contribution in [2.45, 2.75) is 26.0 Å². The van der Waals surface area contributed by atoms with E-state index in [9.17, 15) is 0 Å². The molecule has 0 unspecified atom stereocenters. The van der Waals surface area contributed by atoms with Crippen LogP contribution in [0.3, 0.4) is 0 Å². The smallest absolute Gasteiger partial charge is 0.159 e. The molecule has 0 aromatic carbocycles. The van der Waals surface area contributed by atoms with Gasteiger partial charge in [-0.05, 0) is 20.9 Å². The number of ether oxygens (including phenoxy) is 1. The Morgan fingerprint density at radius 3 is 2.36 bits per heavy atom. The lowest BCUT2D eigenvalue weighted by Crippen LogP contribution is -2.23. The van der Waals surface area contributed by atoms with Gasteiger partial charge < -0.3 is 10.1 Å². The summed E-state index contributed by atoms with van der Waals surface area (Å²) in [4.78, 5) is 8.53. The standard InChI is InChI=1S/C10H17N3O/c1-10(2,14-4)9-12-6-8(5-11-3)7-13-9/h6-7,11H,5H2,1-4H3. The first kappa shape index (κ1) is 11.1. The first-order valence-electron chi connectivity index (χ1n) is 4.61. The fraction of sp³-hybridized carbons (Fsp3) is 0.600. The molecule has 1 N–H and O–H groups in total. The average Bonchev–Trinajstić information content (AvgIpc) is 2.19. The molecule has 1 aromatic rings. The zero-order valence-electron chi connectivity index (χ0n) is 9.16. The number of aromatic nitrogens is 2. The van der Waals surface area contributed by atoms with Gasteiger partial charge in [-0.2, -0.15) is 0 Å². The van der Waals surface area contributed by atoms with Crippen LogP contribution in [-0.2, 0) is 16.9 Å². The van der Waals surface area contributed by atoms with E-state index in [1.807, 2.05) is 33.3 Å². The number of methoxy groups -OCH3 is 1. The van der Waals surface area contributed by atoms with E-state index in [1.165, 1.54) is 0 Å². The molecule has 1 heterocycles. The fourth-order valence-corrected chi connectivity index (χ4v) is 1.05. The molecule has 0 aliphatic heterocycles. The molecule has 0 spiro atoms. The second kappa shape index (κ2) is 4.48. The van der Waals surface area contributed by atoms with Crippen molar-refractivity contribution in [3.8, 4) is 0 Å². The quantitative estimate of drug-likeness (QED) is 0.781. The maximum atomic E-state index is 5.28. The van der Waals surface area contributed by atoms with Crippen molar-refractivity contribution < 1.29 is 4.74 Å². The number of nitrogens with one attached hydrogen (secondary N) is 1. The minimum atomic E-state index is -0.418. The lowest BCUT2D eigenvalue weighted by atomic mass is 10.1. The lowest BCUT2D eigenvalue weighted by molar-refractivity contribution is 0.0114. The third kappa shape index (κ3) is 2.49. The van der Waals surface area contributed by atoms with Gasteiger partial charge in [0.2, 0.25) is 0 Å². The third-order valence-electron chi connectivity index (χ3n) is 2.14. The molecule has 4 nitrogen and oxygen atoms in total. The van der Waals surface area contributed by atoms with Gasteiger partial charge in [0.15, 0.2) is 5.82 Å². The average molecular weight is 195 g/mol. The molecule has 0 radical (unpaired) electrons. The summed E-state index contributed by atoms with van der Waals surface area (Å²) in [5.74, 6) is 0.708. The van der Waals surface area contributed by atoms with Gasteiger partial charge in [-0.25, -0.2) is 9.97 Å². The number of nitrogens with zero attached hydrogens (tertiary/aromatic N) is 2. The van der Waals surface area contributed by atoms with Crippen LogP contribution in [-0.4, -0.2) is 24.1 Å². The molecule has 1 aromatic heterocycles. The Kier molecular flexibility index (Phi) is 3.55. The largest absolute Gasteiger partial charge is 0.371 e. The summed E-state index contributed by atoms with van der Waals surface area (Å²) in [7, 11) is 3.55. The van der Waals surface area contributed by atoms with Crippen LogP contribution in [0.5, 0.6) is 0 Å². The summed E-state index contributed by atoms with van der Waals surface area (Å²) in [6.45, 7) is 4.67. The van der Waals surface area contributed by atoms with Crippen LogP contribution in [0, 0.1) is 0 Å². The van der Waals surface area contributed by atoms with Gasteiger partial charge in [0.25, 0.3) is 0 Å². The van der Waals surface area contributed by atoms with E-state index in [4.69, 9.17) is 4.74 Å². The summed E-state index contributed by atoms with van der Waals surface area (Å²) in [5, 5.41) is 3.04. The summed E-state index contributed by atoms with van der Waals surface area (Å²) in [6, 6.07) is 0. The minimum absolute atomic E-state index is 0.418. The zero-order chi connectivity index (χ0) is 10.6. The number of hydrogen-bond acceptors (Lipinski definition) is 4. The van der Waals surface area contributed by atoms with Crippen LogP contribution in [0.4, 0.5) is 0 Å². The van der Waals surface area contributed by atoms with Gasteiger partial charge in [-0.1, -0.05) is 0 Å². The predicted molar refractivity (Wildman–Crippen MR) is 54.8 cm³/mol. The van der Waals surface area contributed by atoms with Gasteiger partial charge in [-0.15, -0.1) is 0 Å². The monoisotopic (exact) mass is 195 g/mol. The second-order valence-electron chi connectivity index (χ2n) is 3.66. The van der Waals surface area contributed by atoms with Crippen molar-refractivity contribution in [1.82, 2.24) is 15.3 Å². The molecule has 0 bridgehead atoms. The van der Waals surface area contributed by atoms with Crippen LogP contribution < -0.4 is 5.32 Å². The summed E-state index contributed by atoms with van der Waals surface area (Å²) < 4.78 is 5.28. The second-order valence-corrected chi connectivity index (χ2v) is 3.66. The van der Waals surface area contributed by atoms with Crippen molar-refractivity contribution in [3.05, 3.63) is 23.8 Å². The molecule has 1 rings (SSSR count). The molecule has 14 heavy (non-hydrogen) atoms. The minimum Gasteiger partial charge on any atom is -0.371 e. The Bertz CT molecular complexity index is 282. The first-order chi connectivity index (χ1) is 6.60. The molecule has 0 amide bonds. The maximum absolute atomic E-state index is 5.28. The van der Waals surface area contributed by atoms with Crippen molar-refractivity contribution in [1.29, 1.82) is 0 Å². The van der Waals surface area contributed by atoms with Gasteiger partial charge >= 0.3 is 0 Å². The van der Waals surface area contributed by atoms with E-state index in [2.05, 4.69) is 15.3 Å². The summed E-state index contributed by atoms with van der Waals surface area (Å²) >= 11 is 0. The van der Waals surface area contributed by atoms with Crippen LogP contribution >= 0.6 is 0 Å². The molecular weight excluding hydrogens is 178 g/mol. The molecule has 78 valence electrons. The first-order valence-corrected chi connectivity index (χ1v) is 4.61. The molecule has 0 fully saturated rings. The van der Waals surface area contributed by atoms with Crippen molar-refractivity contribution in [3.63, 3.8) is 0 Å². The third-order valence-corrected chi connectivity index (χ3v) is 2.14. The van der Waals surface area contributed by atoms with Crippen LogP contribution in [0.15, 0.2) is 12.4 Å². The summed E-state index contributed by atoms with van der Waals surface area (Å²) in [5.41, 5.74) is 0.654. The van der Waals surface area contributed by atoms with Crippen LogP contribution in [0.1, 0.15) is 25.2 Å². The SMILES string of the molecule is CNCc1cnc(C(C)(C)OC)nc1. The number of hydrogen-bond donors (Lipinski definition) is 1. The molecule has 0 aliphatic carbocycles. The van der Waals surface area contributed by atoms with E-state index in [-0.39, 0.29) is 0 Å². The Morgan fingerprint density at radius 1 is 1.36 bits per heavy atom. The molecule has 0 atom stereocenters. The Labute approximate surface area is 84.7 Å². The molecular formula is C10H17N3O. The number of rotatable bonds is 4. The Morgan fingerprint density at radius 2 is 1.93 bits per heavy atom. The van der Waals surface area contributed by atoms with Gasteiger partial charge in [0.1, 0.15) is 5.60 Å². The fourth-order valence-electron chi connectivity index (χ4n) is 1.05. The normalized spacial score (nSPS) is 11.7. The van der Waals surface area contributed by atoms with Gasteiger partial charge in [0.05, 0.1) is 0 Å². The predicted octanol–water partition coefficient (Wildman–Crippen LogP) is 1.08. The Balaban J connectivity index is 2.82. The molecule has 0 saturated carbocycles. The van der Waals surface area contributed by atoms with Gasteiger partial charge in [-0.3, -0.25) is 0 Å². The zero-order valence-corrected chi connectivity index (χ0v) is 9.16. The highest BCUT2D eigenvalue weighted by atomic mass is 16.5. The highest BCUT2D eigenvalue weighted by Gasteiger charge is 2.22. The topological polar surface area (TPSA) is 47.0 Å². The van der Waals surface area contributed by atoms with Crippen LogP contribution in [0.2, 0.25) is 0 Å². The van der Waals surface area contributed by atoms with Crippen molar-refractivity contribution >= 4 is 0 Å². The Hall–Kier alpha value is -1.00. The highest BCUT2D eigenvalue weighted by Crippen LogP contribution is 2.18. The van der Waals surface area contributed by atoms with E-state index < -0.39 is 5.60 Å². The van der Waals surface area contributed by atoms with E-state index in [1.54, 1.807) is 7.11 Å². The van der Waals surface area contributed by atoms with Crippen molar-refractivity contribution in [2.24, 2.45) is 0 Å². The summed E-state index contributed by atoms with van der Waals surface area (Å²) in [6.07, 6.45) is 3.64. The molecule has 0 aliphatic rings. The van der Waals surface area contributed by atoms with Crippen molar-refractivity contribution in [2.75, 3.05) is 14.2 Å². The van der Waals surface area contributed by atoms with Crippen LogP contribution in [0.25, 0.3) is 0 Å². The lowest BCUT2D eigenvalue weighted by Gasteiger charge is -2.20. The highest BCUT2D eigenvalue weighted by molar-refractivity contribution is 5.08.